The summed E-state index contributed by atoms with van der Waals surface area (Å²) in [5.41, 5.74) is 3.20. The summed E-state index contributed by atoms with van der Waals surface area (Å²) in [6.45, 7) is 3.88. The summed E-state index contributed by atoms with van der Waals surface area (Å²) >= 11 is 8.14. The van der Waals surface area contributed by atoms with Crippen molar-refractivity contribution in [3.63, 3.8) is 0 Å². The third-order valence-electron chi connectivity index (χ3n) is 7.54. The zero-order chi connectivity index (χ0) is 23.1. The lowest BCUT2D eigenvalue weighted by atomic mass is 9.94. The average molecular weight is 496 g/mol. The molecule has 178 valence electrons. The first-order valence-electron chi connectivity index (χ1n) is 12.2. The zero-order valence-corrected chi connectivity index (χ0v) is 20.8. The number of para-hydroxylation sites is 1. The minimum atomic E-state index is -0.0200. The number of amides is 1. The molecule has 3 aliphatic rings. The Labute approximate surface area is 209 Å². The molecular weight excluding hydrogens is 466 g/mol. The Balaban J connectivity index is 1.17. The molecule has 3 aromatic rings. The summed E-state index contributed by atoms with van der Waals surface area (Å²) in [4.78, 5) is 22.5. The summed E-state index contributed by atoms with van der Waals surface area (Å²) < 4.78 is 2.31. The number of rotatable bonds is 4. The van der Waals surface area contributed by atoms with Crippen LogP contribution in [0.4, 0.5) is 0 Å². The van der Waals surface area contributed by atoms with Crippen molar-refractivity contribution in [2.75, 3.05) is 37.8 Å². The number of carbonyl (C=O) groups is 1. The van der Waals surface area contributed by atoms with E-state index in [-0.39, 0.29) is 11.9 Å². The predicted molar refractivity (Wildman–Crippen MR) is 139 cm³/mol. The predicted octanol–water partition coefficient (Wildman–Crippen LogP) is 4.12. The van der Waals surface area contributed by atoms with E-state index in [1.165, 1.54) is 0 Å². The number of aromatic nitrogens is 2. The number of thioether (sulfide) groups is 1. The highest BCUT2D eigenvalue weighted by Gasteiger charge is 2.37. The van der Waals surface area contributed by atoms with Crippen LogP contribution in [0.3, 0.4) is 0 Å². The molecule has 8 heteroatoms. The van der Waals surface area contributed by atoms with Gasteiger partial charge in [0, 0.05) is 41.5 Å². The van der Waals surface area contributed by atoms with Crippen molar-refractivity contribution >= 4 is 40.3 Å². The van der Waals surface area contributed by atoms with Gasteiger partial charge >= 0.3 is 0 Å². The van der Waals surface area contributed by atoms with Gasteiger partial charge in [0.2, 0.25) is 5.91 Å². The maximum Gasteiger partial charge on any atom is 0.240 e. The van der Waals surface area contributed by atoms with E-state index >= 15 is 0 Å². The number of likely N-dealkylation sites (tertiary alicyclic amines) is 1. The number of nitrogens with zero attached hydrogens (tertiary/aromatic N) is 4. The molecule has 0 saturated carbocycles. The van der Waals surface area contributed by atoms with Gasteiger partial charge in [-0.2, -0.15) is 0 Å². The first kappa shape index (κ1) is 22.4. The summed E-state index contributed by atoms with van der Waals surface area (Å²) in [6, 6.07) is 16.9. The van der Waals surface area contributed by atoms with Crippen LogP contribution in [-0.4, -0.2) is 75.2 Å². The number of hydrogen-bond acceptors (Lipinski definition) is 5. The van der Waals surface area contributed by atoms with Crippen molar-refractivity contribution in [1.29, 1.82) is 0 Å². The highest BCUT2D eigenvalue weighted by atomic mass is 35.5. The molecule has 2 aromatic carbocycles. The van der Waals surface area contributed by atoms with Gasteiger partial charge in [-0.05, 0) is 62.7 Å². The molecule has 0 unspecified atom stereocenters. The Morgan fingerprint density at radius 2 is 1.91 bits per heavy atom. The quantitative estimate of drug-likeness (QED) is 0.590. The third-order valence-corrected chi connectivity index (χ3v) is 8.74. The van der Waals surface area contributed by atoms with Crippen molar-refractivity contribution < 1.29 is 4.79 Å². The van der Waals surface area contributed by atoms with Gasteiger partial charge in [-0.15, -0.1) is 11.8 Å². The molecule has 6 nitrogen and oxygen atoms in total. The molecule has 0 spiro atoms. The van der Waals surface area contributed by atoms with Crippen molar-refractivity contribution in [1.82, 2.24) is 24.7 Å². The molecule has 1 amide bonds. The molecule has 34 heavy (non-hydrogen) atoms. The lowest BCUT2D eigenvalue weighted by Gasteiger charge is -2.35. The highest BCUT2D eigenvalue weighted by molar-refractivity contribution is 7.99. The number of nitrogens with one attached hydrogen (secondary N) is 1. The van der Waals surface area contributed by atoms with Crippen LogP contribution < -0.4 is 5.32 Å². The molecule has 1 N–H and O–H groups in total. The molecule has 6 rings (SSSR count). The maximum atomic E-state index is 12.8. The minimum absolute atomic E-state index is 0.0200. The summed E-state index contributed by atoms with van der Waals surface area (Å²) in [7, 11) is 0. The van der Waals surface area contributed by atoms with Gasteiger partial charge in [0.15, 0.2) is 0 Å². The number of carbonyl (C=O) groups excluding carboxylic acids is 1. The molecule has 0 aliphatic carbocycles. The standard InChI is InChI=1S/C26H30ClN5OS/c27-19-6-7-24-22(14-19)29-25(32(24)20-4-2-1-3-5-20)18-8-10-30(11-9-18)21-15-23(28-16-21)26(33)31-12-13-34-17-31/h1-7,14,18,21,23,28H,8-13,15-17H2/t21-,23-/m0/s1. The van der Waals surface area contributed by atoms with Crippen molar-refractivity contribution in [3.05, 3.63) is 59.4 Å². The lowest BCUT2D eigenvalue weighted by molar-refractivity contribution is -0.131. The molecule has 3 fully saturated rings. The molecule has 3 saturated heterocycles. The summed E-state index contributed by atoms with van der Waals surface area (Å²) in [5.74, 6) is 3.73. The number of fused-ring (bicyclic) bond motifs is 1. The Kier molecular flexibility index (Phi) is 6.28. The van der Waals surface area contributed by atoms with E-state index in [1.54, 1.807) is 0 Å². The lowest BCUT2D eigenvalue weighted by Crippen LogP contribution is -2.42. The van der Waals surface area contributed by atoms with Crippen LogP contribution in [-0.2, 0) is 4.79 Å². The zero-order valence-electron chi connectivity index (χ0n) is 19.2. The fourth-order valence-electron chi connectivity index (χ4n) is 5.71. The number of halogens is 1. The maximum absolute atomic E-state index is 12.8. The SMILES string of the molecule is O=C([C@@H]1C[C@H](N2CCC(c3nc4cc(Cl)ccc4n3-c3ccccc3)CC2)CN1)N1CCSC1. The molecule has 4 heterocycles. The first-order valence-corrected chi connectivity index (χ1v) is 13.8. The van der Waals surface area contributed by atoms with E-state index in [0.717, 1.165) is 84.6 Å². The minimum Gasteiger partial charge on any atom is -0.331 e. The Morgan fingerprint density at radius 3 is 2.68 bits per heavy atom. The largest absolute Gasteiger partial charge is 0.331 e. The summed E-state index contributed by atoms with van der Waals surface area (Å²) in [5, 5.41) is 4.23. The Hall–Kier alpha value is -2.06. The Morgan fingerprint density at radius 1 is 1.09 bits per heavy atom. The van der Waals surface area contributed by atoms with E-state index in [2.05, 4.69) is 45.1 Å². The fraction of sp³-hybridized carbons (Fsp3) is 0.462. The molecule has 2 atom stereocenters. The van der Waals surface area contributed by atoms with Gasteiger partial charge in [-0.1, -0.05) is 29.8 Å². The van der Waals surface area contributed by atoms with Crippen molar-refractivity contribution in [2.24, 2.45) is 0 Å². The van der Waals surface area contributed by atoms with Gasteiger partial charge in [0.05, 0.1) is 23.0 Å². The van der Waals surface area contributed by atoms with E-state index in [1.807, 2.05) is 34.9 Å². The molecule has 1 aromatic heterocycles. The van der Waals surface area contributed by atoms with Crippen LogP contribution in [0.15, 0.2) is 48.5 Å². The van der Waals surface area contributed by atoms with E-state index in [9.17, 15) is 4.79 Å². The van der Waals surface area contributed by atoms with Crippen molar-refractivity contribution in [2.45, 2.75) is 37.3 Å². The van der Waals surface area contributed by atoms with E-state index in [0.29, 0.717) is 12.0 Å². The monoisotopic (exact) mass is 495 g/mol. The first-order chi connectivity index (χ1) is 16.7. The highest BCUT2D eigenvalue weighted by Crippen LogP contribution is 2.34. The summed E-state index contributed by atoms with van der Waals surface area (Å²) in [6.07, 6.45) is 3.06. The van der Waals surface area contributed by atoms with Gasteiger partial charge in [-0.25, -0.2) is 4.98 Å². The van der Waals surface area contributed by atoms with Gasteiger partial charge in [0.25, 0.3) is 0 Å². The third kappa shape index (κ3) is 4.24. The van der Waals surface area contributed by atoms with Crippen LogP contribution in [0.1, 0.15) is 31.0 Å². The number of piperidine rings is 1. The number of imidazole rings is 1. The van der Waals surface area contributed by atoms with Crippen molar-refractivity contribution in [3.8, 4) is 5.69 Å². The second-order valence-electron chi connectivity index (χ2n) is 9.57. The van der Waals surface area contributed by atoms with Crippen LogP contribution in [0.25, 0.3) is 16.7 Å². The Bertz CT molecular complexity index is 1170. The normalized spacial score (nSPS) is 24.3. The van der Waals surface area contributed by atoms with Gasteiger partial charge in [0.1, 0.15) is 5.82 Å². The van der Waals surface area contributed by atoms with E-state index < -0.39 is 0 Å². The molecule has 0 bridgehead atoms. The molecular formula is C26H30ClN5OS. The average Bonchev–Trinajstić information content (AvgIpc) is 3.64. The van der Waals surface area contributed by atoms with Gasteiger partial charge < -0.3 is 10.2 Å². The van der Waals surface area contributed by atoms with Crippen LogP contribution in [0, 0.1) is 0 Å². The fourth-order valence-corrected chi connectivity index (χ4v) is 6.83. The topological polar surface area (TPSA) is 53.4 Å². The van der Waals surface area contributed by atoms with Crippen LogP contribution in [0.2, 0.25) is 5.02 Å². The smallest absolute Gasteiger partial charge is 0.240 e. The van der Waals surface area contributed by atoms with E-state index in [4.69, 9.17) is 16.6 Å². The van der Waals surface area contributed by atoms with Gasteiger partial charge in [-0.3, -0.25) is 14.3 Å². The molecule has 3 aliphatic heterocycles. The van der Waals surface area contributed by atoms with Crippen LogP contribution in [0.5, 0.6) is 0 Å². The second-order valence-corrected chi connectivity index (χ2v) is 11.1. The number of benzene rings is 2. The van der Waals surface area contributed by atoms with Crippen LogP contribution >= 0.6 is 23.4 Å². The number of hydrogen-bond donors (Lipinski definition) is 1. The second kappa shape index (κ2) is 9.53. The molecule has 0 radical (unpaired) electrons.